The van der Waals surface area contributed by atoms with E-state index in [1.807, 2.05) is 32.9 Å². The summed E-state index contributed by atoms with van der Waals surface area (Å²) in [6, 6.07) is 6.11. The minimum absolute atomic E-state index is 0.0604. The van der Waals surface area contributed by atoms with E-state index < -0.39 is 5.60 Å². The van der Waals surface area contributed by atoms with Crippen molar-refractivity contribution >= 4 is 0 Å². The highest BCUT2D eigenvalue weighted by Gasteiger charge is 2.22. The number of hydrogen-bond acceptors (Lipinski definition) is 3. The van der Waals surface area contributed by atoms with Crippen LogP contribution in [-0.4, -0.2) is 23.4 Å². The van der Waals surface area contributed by atoms with Crippen molar-refractivity contribution in [2.75, 3.05) is 6.54 Å². The van der Waals surface area contributed by atoms with Gasteiger partial charge in [0.05, 0.1) is 11.7 Å². The van der Waals surface area contributed by atoms with Gasteiger partial charge in [0.1, 0.15) is 5.75 Å². The number of aryl methyl sites for hydroxylation is 2. The summed E-state index contributed by atoms with van der Waals surface area (Å²) in [5.74, 6) is 0.850. The predicted molar refractivity (Wildman–Crippen MR) is 70.3 cm³/mol. The molecule has 0 spiro atoms. The number of aliphatic hydroxyl groups is 1. The van der Waals surface area contributed by atoms with Crippen molar-refractivity contribution in [3.63, 3.8) is 0 Å². The van der Waals surface area contributed by atoms with Gasteiger partial charge in [0, 0.05) is 13.0 Å². The van der Waals surface area contributed by atoms with Crippen LogP contribution in [0.4, 0.5) is 0 Å². The summed E-state index contributed by atoms with van der Waals surface area (Å²) in [5.41, 5.74) is 6.98. The minimum Gasteiger partial charge on any atom is -0.491 e. The zero-order chi connectivity index (χ0) is 13.1. The van der Waals surface area contributed by atoms with Gasteiger partial charge < -0.3 is 15.6 Å². The second-order valence-electron chi connectivity index (χ2n) is 5.16. The summed E-state index contributed by atoms with van der Waals surface area (Å²) >= 11 is 0. The van der Waals surface area contributed by atoms with Crippen molar-refractivity contribution < 1.29 is 9.84 Å². The summed E-state index contributed by atoms with van der Waals surface area (Å²) in [4.78, 5) is 0. The number of hydrogen-bond donors (Lipinski definition) is 2. The van der Waals surface area contributed by atoms with Crippen LogP contribution in [0.3, 0.4) is 0 Å². The third kappa shape index (κ3) is 4.75. The summed E-state index contributed by atoms with van der Waals surface area (Å²) < 4.78 is 5.80. The zero-order valence-electron chi connectivity index (χ0n) is 11.2. The molecule has 3 nitrogen and oxygen atoms in total. The molecular formula is C14H23NO2. The molecule has 0 aromatic heterocycles. The molecular weight excluding hydrogens is 214 g/mol. The van der Waals surface area contributed by atoms with Crippen LogP contribution in [0, 0.1) is 13.8 Å². The summed E-state index contributed by atoms with van der Waals surface area (Å²) in [7, 11) is 0. The number of nitrogens with two attached hydrogens (primary N) is 1. The Morgan fingerprint density at radius 1 is 1.29 bits per heavy atom. The Balaban J connectivity index is 2.65. The van der Waals surface area contributed by atoms with Gasteiger partial charge in [-0.2, -0.15) is 0 Å². The fourth-order valence-corrected chi connectivity index (χ4v) is 1.98. The van der Waals surface area contributed by atoms with E-state index in [0.29, 0.717) is 6.42 Å². The maximum Gasteiger partial charge on any atom is 0.120 e. The number of ether oxygens (including phenoxy) is 1. The highest BCUT2D eigenvalue weighted by molar-refractivity contribution is 5.33. The maximum absolute atomic E-state index is 9.88. The van der Waals surface area contributed by atoms with E-state index in [1.165, 1.54) is 11.1 Å². The maximum atomic E-state index is 9.88. The standard InChI is InChI=1S/C14H23NO2/c1-10-5-11(2)7-13(6-10)17-12(3)8-14(4,16)9-15/h5-7,12,16H,8-9,15H2,1-4H3. The first-order chi connectivity index (χ1) is 7.82. The lowest BCUT2D eigenvalue weighted by molar-refractivity contribution is 0.0237. The first-order valence-electron chi connectivity index (χ1n) is 6.00. The molecule has 0 saturated carbocycles. The molecule has 0 bridgehead atoms. The van der Waals surface area contributed by atoms with Crippen molar-refractivity contribution in [2.45, 2.75) is 45.8 Å². The van der Waals surface area contributed by atoms with Crippen LogP contribution in [-0.2, 0) is 0 Å². The Morgan fingerprint density at radius 3 is 2.29 bits per heavy atom. The first-order valence-corrected chi connectivity index (χ1v) is 6.00. The van der Waals surface area contributed by atoms with E-state index in [0.717, 1.165) is 5.75 Å². The van der Waals surface area contributed by atoms with Gasteiger partial charge in [0.15, 0.2) is 0 Å². The molecule has 0 amide bonds. The normalized spacial score (nSPS) is 16.4. The molecule has 1 rings (SSSR count). The predicted octanol–water partition coefficient (Wildman–Crippen LogP) is 2.17. The Labute approximate surface area is 104 Å². The van der Waals surface area contributed by atoms with Gasteiger partial charge in [-0.15, -0.1) is 0 Å². The monoisotopic (exact) mass is 237 g/mol. The highest BCUT2D eigenvalue weighted by atomic mass is 16.5. The summed E-state index contributed by atoms with van der Waals surface area (Å²) in [5, 5.41) is 9.88. The molecule has 0 heterocycles. The average Bonchev–Trinajstić information content (AvgIpc) is 2.14. The summed E-state index contributed by atoms with van der Waals surface area (Å²) in [6.07, 6.45) is 0.464. The molecule has 0 aliphatic heterocycles. The second-order valence-corrected chi connectivity index (χ2v) is 5.16. The van der Waals surface area contributed by atoms with E-state index >= 15 is 0 Å². The van der Waals surface area contributed by atoms with Gasteiger partial charge >= 0.3 is 0 Å². The molecule has 3 heteroatoms. The molecule has 0 fully saturated rings. The third-order valence-corrected chi connectivity index (χ3v) is 2.70. The number of rotatable bonds is 5. The Hall–Kier alpha value is -1.06. The second kappa shape index (κ2) is 5.52. The van der Waals surface area contributed by atoms with Gasteiger partial charge in [-0.1, -0.05) is 6.07 Å². The molecule has 3 N–H and O–H groups in total. The molecule has 2 unspecified atom stereocenters. The highest BCUT2D eigenvalue weighted by Crippen LogP contribution is 2.20. The molecule has 0 aliphatic rings. The topological polar surface area (TPSA) is 55.5 Å². The zero-order valence-corrected chi connectivity index (χ0v) is 11.2. The third-order valence-electron chi connectivity index (χ3n) is 2.70. The van der Waals surface area contributed by atoms with Crippen molar-refractivity contribution in [3.8, 4) is 5.75 Å². The fourth-order valence-electron chi connectivity index (χ4n) is 1.98. The molecule has 17 heavy (non-hydrogen) atoms. The SMILES string of the molecule is Cc1cc(C)cc(OC(C)CC(C)(O)CN)c1. The number of benzene rings is 1. The quantitative estimate of drug-likeness (QED) is 0.825. The van der Waals surface area contributed by atoms with Crippen LogP contribution in [0.5, 0.6) is 5.75 Å². The molecule has 2 atom stereocenters. The fraction of sp³-hybridized carbons (Fsp3) is 0.571. The Morgan fingerprint density at radius 2 is 1.82 bits per heavy atom. The van der Waals surface area contributed by atoms with Crippen LogP contribution < -0.4 is 10.5 Å². The van der Waals surface area contributed by atoms with Crippen LogP contribution in [0.1, 0.15) is 31.4 Å². The molecule has 96 valence electrons. The van der Waals surface area contributed by atoms with E-state index in [2.05, 4.69) is 6.07 Å². The van der Waals surface area contributed by atoms with Crippen molar-refractivity contribution in [2.24, 2.45) is 5.73 Å². The van der Waals surface area contributed by atoms with Gasteiger partial charge in [-0.25, -0.2) is 0 Å². The molecule has 0 aliphatic carbocycles. The van der Waals surface area contributed by atoms with E-state index in [1.54, 1.807) is 6.92 Å². The van der Waals surface area contributed by atoms with Gasteiger partial charge in [0.25, 0.3) is 0 Å². The minimum atomic E-state index is -0.863. The lowest BCUT2D eigenvalue weighted by Gasteiger charge is -2.25. The van der Waals surface area contributed by atoms with E-state index in [-0.39, 0.29) is 12.6 Å². The van der Waals surface area contributed by atoms with Crippen molar-refractivity contribution in [1.82, 2.24) is 0 Å². The van der Waals surface area contributed by atoms with Gasteiger partial charge in [-0.3, -0.25) is 0 Å². The molecule has 0 saturated heterocycles. The molecule has 1 aromatic carbocycles. The van der Waals surface area contributed by atoms with Crippen LogP contribution in [0.25, 0.3) is 0 Å². The van der Waals surface area contributed by atoms with Crippen LogP contribution in [0.15, 0.2) is 18.2 Å². The lowest BCUT2D eigenvalue weighted by atomic mass is 9.99. The van der Waals surface area contributed by atoms with Crippen LogP contribution in [0.2, 0.25) is 0 Å². The van der Waals surface area contributed by atoms with E-state index in [4.69, 9.17) is 10.5 Å². The lowest BCUT2D eigenvalue weighted by Crippen LogP contribution is -2.38. The van der Waals surface area contributed by atoms with E-state index in [9.17, 15) is 5.11 Å². The average molecular weight is 237 g/mol. The Bertz CT molecular complexity index is 354. The molecule has 1 aromatic rings. The van der Waals surface area contributed by atoms with Crippen LogP contribution >= 0.6 is 0 Å². The largest absolute Gasteiger partial charge is 0.491 e. The first kappa shape index (κ1) is 14.0. The van der Waals surface area contributed by atoms with Crippen molar-refractivity contribution in [1.29, 1.82) is 0 Å². The van der Waals surface area contributed by atoms with Crippen molar-refractivity contribution in [3.05, 3.63) is 29.3 Å². The Kier molecular flexibility index (Phi) is 4.54. The molecule has 0 radical (unpaired) electrons. The smallest absolute Gasteiger partial charge is 0.120 e. The summed E-state index contributed by atoms with van der Waals surface area (Å²) in [6.45, 7) is 8.00. The van der Waals surface area contributed by atoms with Gasteiger partial charge in [-0.05, 0) is 51.0 Å². The van der Waals surface area contributed by atoms with Gasteiger partial charge in [0.2, 0.25) is 0 Å².